The second-order valence-electron chi connectivity index (χ2n) is 5.49. The van der Waals surface area contributed by atoms with Gasteiger partial charge in [0.2, 0.25) is 11.8 Å². The monoisotopic (exact) mass is 359 g/mol. The largest absolute Gasteiger partial charge is 0.368 e. The Balaban J connectivity index is 2.17. The van der Waals surface area contributed by atoms with Gasteiger partial charge in [-0.1, -0.05) is 35.9 Å². The topological polar surface area (TPSA) is 101 Å². The Morgan fingerprint density at radius 1 is 1.08 bits per heavy atom. The Kier molecular flexibility index (Phi) is 6.14. The summed E-state index contributed by atoms with van der Waals surface area (Å²) in [7, 11) is 0. The predicted molar refractivity (Wildman–Crippen MR) is 96.4 cm³/mol. The maximum atomic E-state index is 12.5. The lowest BCUT2D eigenvalue weighted by Crippen LogP contribution is -2.46. The normalized spacial score (nSPS) is 11.4. The molecule has 0 saturated heterocycles. The van der Waals surface area contributed by atoms with Crippen molar-refractivity contribution in [1.82, 2.24) is 5.32 Å². The lowest BCUT2D eigenvalue weighted by atomic mass is 10.0. The van der Waals surface area contributed by atoms with Gasteiger partial charge in [-0.15, -0.1) is 0 Å². The first-order chi connectivity index (χ1) is 11.9. The molecule has 2 aromatic rings. The molecule has 0 heterocycles. The SMILES string of the molecule is CC(=O)Nc1ccccc1C(=O)N[C@@H](Cc1ccc(Cl)cc1)C(N)=O. The number of hydrogen-bond donors (Lipinski definition) is 3. The van der Waals surface area contributed by atoms with E-state index in [0.29, 0.717) is 10.7 Å². The molecule has 0 spiro atoms. The van der Waals surface area contributed by atoms with E-state index in [0.717, 1.165) is 5.56 Å². The highest BCUT2D eigenvalue weighted by atomic mass is 35.5. The molecule has 7 heteroatoms. The van der Waals surface area contributed by atoms with Gasteiger partial charge >= 0.3 is 0 Å². The van der Waals surface area contributed by atoms with Gasteiger partial charge < -0.3 is 16.4 Å². The smallest absolute Gasteiger partial charge is 0.254 e. The number of hydrogen-bond acceptors (Lipinski definition) is 3. The fourth-order valence-corrected chi connectivity index (χ4v) is 2.42. The minimum Gasteiger partial charge on any atom is -0.368 e. The molecule has 3 amide bonds. The molecule has 0 unspecified atom stereocenters. The number of halogens is 1. The zero-order valence-electron chi connectivity index (χ0n) is 13.6. The van der Waals surface area contributed by atoms with Gasteiger partial charge in [0.15, 0.2) is 0 Å². The molecule has 2 aromatic carbocycles. The van der Waals surface area contributed by atoms with Crippen molar-refractivity contribution in [1.29, 1.82) is 0 Å². The fourth-order valence-electron chi connectivity index (χ4n) is 2.29. The van der Waals surface area contributed by atoms with Crippen LogP contribution >= 0.6 is 11.6 Å². The lowest BCUT2D eigenvalue weighted by Gasteiger charge is -2.17. The number of primary amides is 1. The summed E-state index contributed by atoms with van der Waals surface area (Å²) in [5.74, 6) is -1.45. The second kappa shape index (κ2) is 8.30. The first kappa shape index (κ1) is 18.5. The molecular formula is C18H18ClN3O3. The molecule has 0 aliphatic carbocycles. The van der Waals surface area contributed by atoms with Crippen molar-refractivity contribution in [3.63, 3.8) is 0 Å². The minimum atomic E-state index is -0.890. The Bertz CT molecular complexity index is 790. The number of benzene rings is 2. The van der Waals surface area contributed by atoms with Gasteiger partial charge in [-0.25, -0.2) is 0 Å². The number of carbonyl (C=O) groups excluding carboxylic acids is 3. The predicted octanol–water partition coefficient (Wildman–Crippen LogP) is 2.12. The van der Waals surface area contributed by atoms with Gasteiger partial charge in [-0.3, -0.25) is 14.4 Å². The maximum Gasteiger partial charge on any atom is 0.254 e. The summed E-state index contributed by atoms with van der Waals surface area (Å²) < 4.78 is 0. The zero-order valence-corrected chi connectivity index (χ0v) is 14.3. The van der Waals surface area contributed by atoms with Crippen LogP contribution in [0.5, 0.6) is 0 Å². The van der Waals surface area contributed by atoms with Gasteiger partial charge in [0.1, 0.15) is 6.04 Å². The van der Waals surface area contributed by atoms with Crippen molar-refractivity contribution in [2.24, 2.45) is 5.73 Å². The number of nitrogens with one attached hydrogen (secondary N) is 2. The van der Waals surface area contributed by atoms with Crippen LogP contribution in [0.1, 0.15) is 22.8 Å². The van der Waals surface area contributed by atoms with E-state index in [1.165, 1.54) is 6.92 Å². The van der Waals surface area contributed by atoms with Crippen LogP contribution in [0.3, 0.4) is 0 Å². The molecule has 25 heavy (non-hydrogen) atoms. The van der Waals surface area contributed by atoms with Crippen molar-refractivity contribution in [2.75, 3.05) is 5.32 Å². The molecule has 0 aliphatic heterocycles. The van der Waals surface area contributed by atoms with Crippen molar-refractivity contribution in [3.8, 4) is 0 Å². The van der Waals surface area contributed by atoms with E-state index in [2.05, 4.69) is 10.6 Å². The van der Waals surface area contributed by atoms with Crippen LogP contribution < -0.4 is 16.4 Å². The van der Waals surface area contributed by atoms with Crippen molar-refractivity contribution >= 4 is 35.0 Å². The van der Waals surface area contributed by atoms with Gasteiger partial charge in [0.05, 0.1) is 11.3 Å². The highest BCUT2D eigenvalue weighted by Crippen LogP contribution is 2.16. The molecule has 4 N–H and O–H groups in total. The number of amides is 3. The van der Waals surface area contributed by atoms with E-state index in [1.54, 1.807) is 48.5 Å². The van der Waals surface area contributed by atoms with Crippen molar-refractivity contribution in [3.05, 3.63) is 64.7 Å². The minimum absolute atomic E-state index is 0.237. The fraction of sp³-hybridized carbons (Fsp3) is 0.167. The highest BCUT2D eigenvalue weighted by Gasteiger charge is 2.21. The molecule has 0 radical (unpaired) electrons. The van der Waals surface area contributed by atoms with Crippen LogP contribution in [-0.4, -0.2) is 23.8 Å². The van der Waals surface area contributed by atoms with E-state index in [1.807, 2.05) is 0 Å². The van der Waals surface area contributed by atoms with E-state index < -0.39 is 17.9 Å². The summed E-state index contributed by atoms with van der Waals surface area (Å²) in [5.41, 5.74) is 6.83. The highest BCUT2D eigenvalue weighted by molar-refractivity contribution is 6.30. The van der Waals surface area contributed by atoms with Crippen LogP contribution in [0.4, 0.5) is 5.69 Å². The average molecular weight is 360 g/mol. The van der Waals surface area contributed by atoms with Gasteiger partial charge in [-0.05, 0) is 29.8 Å². The molecular weight excluding hydrogens is 342 g/mol. The van der Waals surface area contributed by atoms with Crippen LogP contribution in [0.2, 0.25) is 5.02 Å². The van der Waals surface area contributed by atoms with E-state index in [9.17, 15) is 14.4 Å². The molecule has 0 bridgehead atoms. The van der Waals surface area contributed by atoms with E-state index in [-0.39, 0.29) is 17.9 Å². The number of rotatable bonds is 6. The standard InChI is InChI=1S/C18H18ClN3O3/c1-11(23)21-15-5-3-2-4-14(15)18(25)22-16(17(20)24)10-12-6-8-13(19)9-7-12/h2-9,16H,10H2,1H3,(H2,20,24)(H,21,23)(H,22,25)/t16-/m0/s1. The zero-order chi connectivity index (χ0) is 18.4. The van der Waals surface area contributed by atoms with Crippen molar-refractivity contribution in [2.45, 2.75) is 19.4 Å². The number of nitrogens with two attached hydrogens (primary N) is 1. The third kappa shape index (κ3) is 5.32. The van der Waals surface area contributed by atoms with Crippen LogP contribution in [0.25, 0.3) is 0 Å². The van der Waals surface area contributed by atoms with Crippen LogP contribution in [0.15, 0.2) is 48.5 Å². The average Bonchev–Trinajstić information content (AvgIpc) is 2.56. The van der Waals surface area contributed by atoms with Crippen molar-refractivity contribution < 1.29 is 14.4 Å². The third-order valence-corrected chi connectivity index (χ3v) is 3.74. The van der Waals surface area contributed by atoms with E-state index in [4.69, 9.17) is 17.3 Å². The Labute approximate surface area is 150 Å². The molecule has 0 aliphatic rings. The summed E-state index contributed by atoms with van der Waals surface area (Å²) in [6.07, 6.45) is 0.237. The molecule has 2 rings (SSSR count). The summed E-state index contributed by atoms with van der Waals surface area (Å²) >= 11 is 5.84. The summed E-state index contributed by atoms with van der Waals surface area (Å²) in [6, 6.07) is 12.5. The Morgan fingerprint density at radius 2 is 1.72 bits per heavy atom. The Hall–Kier alpha value is -2.86. The maximum absolute atomic E-state index is 12.5. The second-order valence-corrected chi connectivity index (χ2v) is 5.92. The third-order valence-electron chi connectivity index (χ3n) is 3.48. The number of para-hydroxylation sites is 1. The summed E-state index contributed by atoms with van der Waals surface area (Å²) in [4.78, 5) is 35.5. The number of anilines is 1. The molecule has 0 aromatic heterocycles. The van der Waals surface area contributed by atoms with Crippen LogP contribution in [-0.2, 0) is 16.0 Å². The molecule has 130 valence electrons. The summed E-state index contributed by atoms with van der Waals surface area (Å²) in [5, 5.41) is 5.77. The van der Waals surface area contributed by atoms with Gasteiger partial charge in [-0.2, -0.15) is 0 Å². The first-order valence-electron chi connectivity index (χ1n) is 7.58. The molecule has 0 fully saturated rings. The quantitative estimate of drug-likeness (QED) is 0.736. The lowest BCUT2D eigenvalue weighted by molar-refractivity contribution is -0.119. The number of carbonyl (C=O) groups is 3. The molecule has 0 saturated carbocycles. The summed E-state index contributed by atoms with van der Waals surface area (Å²) in [6.45, 7) is 1.35. The Morgan fingerprint density at radius 3 is 2.32 bits per heavy atom. The van der Waals surface area contributed by atoms with Gasteiger partial charge in [0, 0.05) is 18.4 Å². The van der Waals surface area contributed by atoms with Crippen LogP contribution in [0, 0.1) is 0 Å². The van der Waals surface area contributed by atoms with E-state index >= 15 is 0 Å². The molecule has 1 atom stereocenters. The molecule has 6 nitrogen and oxygen atoms in total. The van der Waals surface area contributed by atoms with Gasteiger partial charge in [0.25, 0.3) is 5.91 Å². The first-order valence-corrected chi connectivity index (χ1v) is 7.96.